The van der Waals surface area contributed by atoms with Gasteiger partial charge in [-0.05, 0) is 102 Å². The second kappa shape index (κ2) is 39.5. The Morgan fingerprint density at radius 2 is 1.42 bits per heavy atom. The van der Waals surface area contributed by atoms with Gasteiger partial charge >= 0.3 is 11.9 Å². The van der Waals surface area contributed by atoms with Crippen LogP contribution in [0, 0.1) is 11.8 Å². The normalized spacial score (nSPS) is 23.4. The molecule has 1 N–H and O–H groups in total. The van der Waals surface area contributed by atoms with Crippen molar-refractivity contribution in [3.05, 3.63) is 12.2 Å². The molecule has 1 aliphatic rings. The number of methoxy groups -OCH3 is 1. The SMILES string of the molecule is CCCCCCCCC1CCCCCC(CC)C(C)CCCCCCCOC(=O)CCCCCCCN(CCCNC(=O)CCOC)CCCC/C=C/CC(=O)O1. The van der Waals surface area contributed by atoms with E-state index in [1.807, 2.05) is 6.08 Å². The first-order chi connectivity index (χ1) is 27.9. The molecule has 1 amide bonds. The number of carbonyl (C=O) groups excluding carboxylic acids is 3. The number of allylic oxidation sites excluding steroid dienone is 1. The number of unbranched alkanes of at least 4 members (excludes halogenated alkanes) is 5. The predicted molar refractivity (Wildman–Crippen MR) is 238 cm³/mol. The van der Waals surface area contributed by atoms with E-state index < -0.39 is 0 Å². The molecule has 0 aromatic heterocycles. The van der Waals surface area contributed by atoms with Gasteiger partial charge in [-0.25, -0.2) is 0 Å². The van der Waals surface area contributed by atoms with Crippen LogP contribution in [0.25, 0.3) is 0 Å². The molecule has 334 valence electrons. The third-order valence-corrected chi connectivity index (χ3v) is 12.1. The topological polar surface area (TPSA) is 94.2 Å². The fourth-order valence-electron chi connectivity index (χ4n) is 8.27. The standard InChI is InChI=1S/C49H92N2O6/c1-5-7-8-9-14-23-33-46-34-24-20-22-32-45(6-2)44(3)31-21-13-12-19-29-42-56-48(53)35-25-15-10-17-27-39-51(41-30-38-50-47(52)37-43-55-4)40-28-18-11-16-26-36-49(54)57-46/h16,26,44-46H,5-15,17-25,27-43H2,1-4H3,(H,50,52)/b26-16+. The minimum atomic E-state index is -0.0697. The zero-order valence-electron chi connectivity index (χ0n) is 37.9. The molecular formula is C49H92N2O6. The Morgan fingerprint density at radius 3 is 2.21 bits per heavy atom. The second-order valence-corrected chi connectivity index (χ2v) is 17.2. The van der Waals surface area contributed by atoms with Gasteiger partial charge in [0, 0.05) is 26.5 Å². The molecule has 8 heteroatoms. The van der Waals surface area contributed by atoms with Crippen molar-refractivity contribution >= 4 is 17.8 Å². The van der Waals surface area contributed by atoms with Gasteiger partial charge < -0.3 is 24.4 Å². The highest BCUT2D eigenvalue weighted by Gasteiger charge is 2.17. The molecule has 0 aromatic rings. The molecule has 3 unspecified atom stereocenters. The highest BCUT2D eigenvalue weighted by atomic mass is 16.5. The number of hydrogen-bond donors (Lipinski definition) is 1. The minimum absolute atomic E-state index is 0.0326. The van der Waals surface area contributed by atoms with Crippen LogP contribution in [0.3, 0.4) is 0 Å². The summed E-state index contributed by atoms with van der Waals surface area (Å²) in [5.41, 5.74) is 0. The summed E-state index contributed by atoms with van der Waals surface area (Å²) in [5.74, 6) is 1.51. The zero-order chi connectivity index (χ0) is 41.4. The molecule has 0 aromatic carbocycles. The van der Waals surface area contributed by atoms with E-state index >= 15 is 0 Å². The van der Waals surface area contributed by atoms with E-state index in [0.717, 1.165) is 128 Å². The number of hydrogen-bond acceptors (Lipinski definition) is 7. The summed E-state index contributed by atoms with van der Waals surface area (Å²) in [6.45, 7) is 11.8. The Labute approximate surface area is 352 Å². The number of nitrogens with one attached hydrogen (secondary N) is 1. The maximum absolute atomic E-state index is 12.9. The number of cyclic esters (lactones) is 2. The number of ether oxygens (including phenoxy) is 3. The summed E-state index contributed by atoms with van der Waals surface area (Å²) in [6, 6.07) is 0. The first-order valence-corrected chi connectivity index (χ1v) is 24.4. The summed E-state index contributed by atoms with van der Waals surface area (Å²) in [4.78, 5) is 39.8. The molecule has 0 fully saturated rings. The maximum Gasteiger partial charge on any atom is 0.309 e. The molecule has 1 aliphatic heterocycles. The van der Waals surface area contributed by atoms with Crippen LogP contribution in [-0.2, 0) is 28.6 Å². The lowest BCUT2D eigenvalue weighted by Gasteiger charge is -2.23. The van der Waals surface area contributed by atoms with Crippen LogP contribution in [0.4, 0.5) is 0 Å². The average molecular weight is 805 g/mol. The molecule has 3 atom stereocenters. The van der Waals surface area contributed by atoms with Crippen molar-refractivity contribution in [2.75, 3.05) is 46.5 Å². The maximum atomic E-state index is 12.9. The molecule has 0 saturated heterocycles. The van der Waals surface area contributed by atoms with Crippen LogP contribution in [0.2, 0.25) is 0 Å². The first kappa shape index (κ1) is 53.1. The Balaban J connectivity index is 2.71. The van der Waals surface area contributed by atoms with Gasteiger partial charge in [0.15, 0.2) is 0 Å². The highest BCUT2D eigenvalue weighted by molar-refractivity contribution is 5.75. The number of carbonyl (C=O) groups is 3. The lowest BCUT2D eigenvalue weighted by Crippen LogP contribution is -2.31. The van der Waals surface area contributed by atoms with Gasteiger partial charge in [0.1, 0.15) is 6.10 Å². The molecule has 57 heavy (non-hydrogen) atoms. The second-order valence-electron chi connectivity index (χ2n) is 17.2. The fourth-order valence-corrected chi connectivity index (χ4v) is 8.27. The molecule has 0 aliphatic carbocycles. The Bertz CT molecular complexity index is 974. The van der Waals surface area contributed by atoms with Crippen molar-refractivity contribution in [2.45, 2.75) is 226 Å². The third-order valence-electron chi connectivity index (χ3n) is 12.1. The van der Waals surface area contributed by atoms with Crippen molar-refractivity contribution in [1.82, 2.24) is 10.2 Å². The molecular weight excluding hydrogens is 713 g/mol. The smallest absolute Gasteiger partial charge is 0.309 e. The van der Waals surface area contributed by atoms with Gasteiger partial charge in [-0.1, -0.05) is 142 Å². The minimum Gasteiger partial charge on any atom is -0.466 e. The Hall–Kier alpha value is -1.93. The van der Waals surface area contributed by atoms with E-state index in [0.29, 0.717) is 39.0 Å². The lowest BCUT2D eigenvalue weighted by atomic mass is 9.83. The van der Waals surface area contributed by atoms with E-state index in [9.17, 15) is 14.4 Å². The van der Waals surface area contributed by atoms with E-state index in [4.69, 9.17) is 14.2 Å². The van der Waals surface area contributed by atoms with E-state index in [1.54, 1.807) is 7.11 Å². The quantitative estimate of drug-likeness (QED) is 0.100. The number of amides is 1. The van der Waals surface area contributed by atoms with Crippen molar-refractivity contribution in [3.8, 4) is 0 Å². The van der Waals surface area contributed by atoms with Crippen LogP contribution in [0.1, 0.15) is 220 Å². The van der Waals surface area contributed by atoms with Gasteiger partial charge in [-0.2, -0.15) is 0 Å². The summed E-state index contributed by atoms with van der Waals surface area (Å²) in [6.07, 6.45) is 38.1. The number of nitrogens with zero attached hydrogens (tertiary/aromatic N) is 1. The van der Waals surface area contributed by atoms with Crippen molar-refractivity contribution < 1.29 is 28.6 Å². The van der Waals surface area contributed by atoms with E-state index in [1.165, 1.54) is 83.5 Å². The summed E-state index contributed by atoms with van der Waals surface area (Å²) >= 11 is 0. The molecule has 1 heterocycles. The largest absolute Gasteiger partial charge is 0.466 e. The van der Waals surface area contributed by atoms with E-state index in [-0.39, 0.29) is 23.9 Å². The van der Waals surface area contributed by atoms with Gasteiger partial charge in [0.2, 0.25) is 5.91 Å². The summed E-state index contributed by atoms with van der Waals surface area (Å²) < 4.78 is 16.7. The molecule has 0 bridgehead atoms. The summed E-state index contributed by atoms with van der Waals surface area (Å²) in [7, 11) is 1.62. The number of esters is 2. The van der Waals surface area contributed by atoms with Crippen LogP contribution >= 0.6 is 0 Å². The van der Waals surface area contributed by atoms with Crippen molar-refractivity contribution in [3.63, 3.8) is 0 Å². The predicted octanol–water partition coefficient (Wildman–Crippen LogP) is 12.5. The average Bonchev–Trinajstić information content (AvgIpc) is 3.20. The van der Waals surface area contributed by atoms with Crippen LogP contribution in [0.15, 0.2) is 12.2 Å². The molecule has 0 spiro atoms. The summed E-state index contributed by atoms with van der Waals surface area (Å²) in [5, 5.41) is 3.02. The molecule has 0 radical (unpaired) electrons. The van der Waals surface area contributed by atoms with Gasteiger partial charge in [-0.3, -0.25) is 14.4 Å². The van der Waals surface area contributed by atoms with Gasteiger partial charge in [0.05, 0.1) is 19.6 Å². The van der Waals surface area contributed by atoms with Crippen molar-refractivity contribution in [2.24, 2.45) is 11.8 Å². The first-order valence-electron chi connectivity index (χ1n) is 24.4. The third kappa shape index (κ3) is 33.6. The van der Waals surface area contributed by atoms with Crippen molar-refractivity contribution in [1.29, 1.82) is 0 Å². The van der Waals surface area contributed by atoms with E-state index in [2.05, 4.69) is 37.1 Å². The van der Waals surface area contributed by atoms with Crippen LogP contribution < -0.4 is 5.32 Å². The molecule has 0 saturated carbocycles. The van der Waals surface area contributed by atoms with Crippen LogP contribution in [-0.4, -0.2) is 75.4 Å². The Kier molecular flexibility index (Phi) is 36.8. The Morgan fingerprint density at radius 1 is 0.754 bits per heavy atom. The van der Waals surface area contributed by atoms with Crippen LogP contribution in [0.5, 0.6) is 0 Å². The molecule has 1 rings (SSSR count). The zero-order valence-corrected chi connectivity index (χ0v) is 37.9. The fraction of sp³-hybridized carbons (Fsp3) is 0.898. The van der Waals surface area contributed by atoms with Gasteiger partial charge in [0.25, 0.3) is 0 Å². The van der Waals surface area contributed by atoms with Gasteiger partial charge in [-0.15, -0.1) is 0 Å². The number of rotatable bonds is 15. The highest BCUT2D eigenvalue weighted by Crippen LogP contribution is 2.27. The lowest BCUT2D eigenvalue weighted by molar-refractivity contribution is -0.149. The molecule has 8 nitrogen and oxygen atoms in total. The monoisotopic (exact) mass is 805 g/mol.